The second-order valence-electron chi connectivity index (χ2n) is 4.09. The van der Waals surface area contributed by atoms with Crippen LogP contribution in [0.4, 0.5) is 0 Å². The molecule has 13 heavy (non-hydrogen) atoms. The van der Waals surface area contributed by atoms with Crippen molar-refractivity contribution in [3.63, 3.8) is 0 Å². The van der Waals surface area contributed by atoms with E-state index in [4.69, 9.17) is 5.11 Å². The molecule has 2 rings (SSSR count). The average Bonchev–Trinajstić information content (AvgIpc) is 2.71. The van der Waals surface area contributed by atoms with Crippen molar-refractivity contribution < 1.29 is 9.90 Å². The molecule has 3 heteroatoms. The van der Waals surface area contributed by atoms with E-state index >= 15 is 0 Å². The molecule has 2 atom stereocenters. The van der Waals surface area contributed by atoms with Gasteiger partial charge in [0.2, 0.25) is 0 Å². The summed E-state index contributed by atoms with van der Waals surface area (Å²) in [5.74, 6) is 0.389. The molecule has 0 amide bonds. The lowest BCUT2D eigenvalue weighted by Crippen LogP contribution is -2.43. The highest BCUT2D eigenvalue weighted by Crippen LogP contribution is 2.27. The highest BCUT2D eigenvalue weighted by Gasteiger charge is 2.36. The number of carbonyl (C=O) groups is 1. The summed E-state index contributed by atoms with van der Waals surface area (Å²) in [5, 5.41) is 9.13. The van der Waals surface area contributed by atoms with E-state index in [0.29, 0.717) is 5.78 Å². The van der Waals surface area contributed by atoms with Crippen LogP contribution in [0.25, 0.3) is 0 Å². The maximum absolute atomic E-state index is 11.5. The first kappa shape index (κ1) is 9.16. The van der Waals surface area contributed by atoms with E-state index in [1.165, 1.54) is 0 Å². The largest absolute Gasteiger partial charge is 0.395 e. The first-order valence-corrected chi connectivity index (χ1v) is 5.22. The number of Topliss-reactive ketones (excluding diaryl/α,β-unsaturated/α-hetero) is 1. The predicted molar refractivity (Wildman–Crippen MR) is 49.5 cm³/mol. The zero-order valence-corrected chi connectivity index (χ0v) is 7.91. The zero-order chi connectivity index (χ0) is 9.26. The van der Waals surface area contributed by atoms with Crippen LogP contribution in [0.15, 0.2) is 0 Å². The Balaban J connectivity index is 2.02. The minimum absolute atomic E-state index is 0.139. The van der Waals surface area contributed by atoms with Gasteiger partial charge in [-0.15, -0.1) is 0 Å². The van der Waals surface area contributed by atoms with Crippen molar-refractivity contribution in [2.24, 2.45) is 0 Å². The Morgan fingerprint density at radius 3 is 2.85 bits per heavy atom. The van der Waals surface area contributed by atoms with E-state index in [9.17, 15) is 4.79 Å². The summed E-state index contributed by atoms with van der Waals surface area (Å²) in [6.07, 6.45) is 4.99. The van der Waals surface area contributed by atoms with Crippen LogP contribution in [0.2, 0.25) is 0 Å². The molecule has 2 fully saturated rings. The maximum atomic E-state index is 11.5. The Morgan fingerprint density at radius 2 is 2.23 bits per heavy atom. The van der Waals surface area contributed by atoms with Crippen LogP contribution in [-0.2, 0) is 4.79 Å². The van der Waals surface area contributed by atoms with Crippen molar-refractivity contribution in [2.75, 3.05) is 13.2 Å². The minimum atomic E-state index is 0.139. The van der Waals surface area contributed by atoms with E-state index in [2.05, 4.69) is 4.90 Å². The summed E-state index contributed by atoms with van der Waals surface area (Å²) < 4.78 is 0. The standard InChI is InChI=1S/C10H17NO2/c12-7-8-3-2-6-11(8)9-4-1-5-10(9)13/h8-9,12H,1-7H2. The maximum Gasteiger partial charge on any atom is 0.149 e. The Morgan fingerprint density at radius 1 is 1.38 bits per heavy atom. The summed E-state index contributed by atoms with van der Waals surface area (Å²) >= 11 is 0. The molecule has 0 aromatic heterocycles. The van der Waals surface area contributed by atoms with Gasteiger partial charge in [0, 0.05) is 12.5 Å². The lowest BCUT2D eigenvalue weighted by Gasteiger charge is -2.27. The molecular formula is C10H17NO2. The summed E-state index contributed by atoms with van der Waals surface area (Å²) in [6.45, 7) is 1.21. The van der Waals surface area contributed by atoms with E-state index < -0.39 is 0 Å². The quantitative estimate of drug-likeness (QED) is 0.680. The predicted octanol–water partition coefficient (Wildman–Crippen LogP) is 0.565. The smallest absolute Gasteiger partial charge is 0.149 e. The Bertz CT molecular complexity index is 205. The molecule has 0 aromatic carbocycles. The van der Waals surface area contributed by atoms with Gasteiger partial charge in [0.05, 0.1) is 12.6 Å². The zero-order valence-electron chi connectivity index (χ0n) is 7.91. The Kier molecular flexibility index (Phi) is 2.65. The first-order chi connectivity index (χ1) is 6.33. The van der Waals surface area contributed by atoms with Gasteiger partial charge < -0.3 is 5.11 Å². The second-order valence-corrected chi connectivity index (χ2v) is 4.09. The summed E-state index contributed by atoms with van der Waals surface area (Å²) in [4.78, 5) is 13.7. The summed E-state index contributed by atoms with van der Waals surface area (Å²) in [6, 6.07) is 0.395. The van der Waals surface area contributed by atoms with Gasteiger partial charge in [-0.05, 0) is 32.2 Å². The molecule has 1 saturated carbocycles. The molecule has 0 aromatic rings. The minimum Gasteiger partial charge on any atom is -0.395 e. The monoisotopic (exact) mass is 183 g/mol. The molecule has 1 aliphatic carbocycles. The number of likely N-dealkylation sites (tertiary alicyclic amines) is 1. The first-order valence-electron chi connectivity index (χ1n) is 5.22. The number of rotatable bonds is 2. The molecule has 1 saturated heterocycles. The van der Waals surface area contributed by atoms with Crippen LogP contribution in [0.5, 0.6) is 0 Å². The van der Waals surface area contributed by atoms with Gasteiger partial charge >= 0.3 is 0 Å². The molecule has 0 bridgehead atoms. The number of aliphatic hydroxyl groups is 1. The number of aliphatic hydroxyl groups excluding tert-OH is 1. The van der Waals surface area contributed by atoms with Gasteiger partial charge in [-0.25, -0.2) is 0 Å². The second kappa shape index (κ2) is 3.76. The molecule has 3 nitrogen and oxygen atoms in total. The molecule has 1 N–H and O–H groups in total. The summed E-state index contributed by atoms with van der Waals surface area (Å²) in [7, 11) is 0. The fourth-order valence-corrected chi connectivity index (χ4v) is 2.61. The lowest BCUT2D eigenvalue weighted by atomic mass is 10.1. The molecule has 2 aliphatic rings. The third-order valence-electron chi connectivity index (χ3n) is 3.31. The highest BCUT2D eigenvalue weighted by molar-refractivity contribution is 5.85. The van der Waals surface area contributed by atoms with Crippen molar-refractivity contribution in [3.05, 3.63) is 0 Å². The fourth-order valence-electron chi connectivity index (χ4n) is 2.61. The van der Waals surface area contributed by atoms with Gasteiger partial charge in [-0.1, -0.05) is 0 Å². The van der Waals surface area contributed by atoms with Crippen molar-refractivity contribution in [1.29, 1.82) is 0 Å². The van der Waals surface area contributed by atoms with Crippen LogP contribution in [0.3, 0.4) is 0 Å². The number of hydrogen-bond acceptors (Lipinski definition) is 3. The van der Waals surface area contributed by atoms with Gasteiger partial charge in [-0.2, -0.15) is 0 Å². The number of carbonyl (C=O) groups excluding carboxylic acids is 1. The topological polar surface area (TPSA) is 40.5 Å². The van der Waals surface area contributed by atoms with E-state index in [1.54, 1.807) is 0 Å². The molecular weight excluding hydrogens is 166 g/mol. The van der Waals surface area contributed by atoms with Crippen molar-refractivity contribution >= 4 is 5.78 Å². The van der Waals surface area contributed by atoms with Crippen LogP contribution >= 0.6 is 0 Å². The highest BCUT2D eigenvalue weighted by atomic mass is 16.3. The van der Waals surface area contributed by atoms with Gasteiger partial charge in [0.1, 0.15) is 5.78 Å². The summed E-state index contributed by atoms with van der Waals surface area (Å²) in [5.41, 5.74) is 0. The molecule has 1 aliphatic heterocycles. The Labute approximate surface area is 78.7 Å². The molecule has 2 unspecified atom stereocenters. The van der Waals surface area contributed by atoms with Crippen LogP contribution < -0.4 is 0 Å². The van der Waals surface area contributed by atoms with Crippen molar-refractivity contribution in [3.8, 4) is 0 Å². The number of nitrogens with zero attached hydrogens (tertiary/aromatic N) is 1. The number of hydrogen-bond donors (Lipinski definition) is 1. The number of ketones is 1. The fraction of sp³-hybridized carbons (Fsp3) is 0.900. The molecule has 1 heterocycles. The average molecular weight is 183 g/mol. The van der Waals surface area contributed by atoms with Gasteiger partial charge in [0.25, 0.3) is 0 Å². The normalized spacial score (nSPS) is 35.9. The van der Waals surface area contributed by atoms with Gasteiger partial charge in [0.15, 0.2) is 0 Å². The molecule has 0 radical (unpaired) electrons. The van der Waals surface area contributed by atoms with Crippen molar-refractivity contribution in [1.82, 2.24) is 4.90 Å². The van der Waals surface area contributed by atoms with Crippen LogP contribution in [-0.4, -0.2) is 41.0 Å². The van der Waals surface area contributed by atoms with Gasteiger partial charge in [-0.3, -0.25) is 9.69 Å². The third-order valence-corrected chi connectivity index (χ3v) is 3.31. The molecule has 74 valence electrons. The van der Waals surface area contributed by atoms with E-state index in [-0.39, 0.29) is 18.7 Å². The van der Waals surface area contributed by atoms with Crippen LogP contribution in [0, 0.1) is 0 Å². The SMILES string of the molecule is O=C1CCCC1N1CCCC1CO. The Hall–Kier alpha value is -0.410. The van der Waals surface area contributed by atoms with E-state index in [1.807, 2.05) is 0 Å². The van der Waals surface area contributed by atoms with E-state index in [0.717, 1.165) is 38.6 Å². The van der Waals surface area contributed by atoms with Crippen LogP contribution in [0.1, 0.15) is 32.1 Å². The lowest BCUT2D eigenvalue weighted by molar-refractivity contribution is -0.122. The van der Waals surface area contributed by atoms with Crippen molar-refractivity contribution in [2.45, 2.75) is 44.2 Å². The molecule has 0 spiro atoms. The third kappa shape index (κ3) is 1.63.